The predicted molar refractivity (Wildman–Crippen MR) is 115 cm³/mol. The average Bonchev–Trinajstić information content (AvgIpc) is 3.29. The van der Waals surface area contributed by atoms with Gasteiger partial charge in [0.15, 0.2) is 0 Å². The molecule has 3 aromatic rings. The average molecular weight is 412 g/mol. The molecular formula is C21H22FN5OS. The summed E-state index contributed by atoms with van der Waals surface area (Å²) in [5, 5.41) is 3.77. The number of anilines is 1. The minimum absolute atomic E-state index is 0.405. The number of morpholine rings is 1. The van der Waals surface area contributed by atoms with E-state index in [1.807, 2.05) is 23.6 Å². The van der Waals surface area contributed by atoms with Crippen molar-refractivity contribution in [3.63, 3.8) is 0 Å². The molecule has 150 valence electrons. The fraction of sp³-hybridized carbons (Fsp3) is 0.333. The van der Waals surface area contributed by atoms with Crippen molar-refractivity contribution in [2.45, 2.75) is 19.8 Å². The number of nitrogens with zero attached hydrogens (tertiary/aromatic N) is 5. The number of hydrogen-bond donors (Lipinski definition) is 0. The SMILES string of the molecule is C/C(=C(F)\N=C/CCc1nccs1)c1ncnc2cc(N3CCOCC3)ccc12. The van der Waals surface area contributed by atoms with E-state index >= 15 is 0 Å². The van der Waals surface area contributed by atoms with Crippen molar-refractivity contribution in [3.8, 4) is 0 Å². The Balaban J connectivity index is 1.54. The third-order valence-corrected chi connectivity index (χ3v) is 5.68. The summed E-state index contributed by atoms with van der Waals surface area (Å²) in [5.41, 5.74) is 2.85. The second kappa shape index (κ2) is 9.19. The van der Waals surface area contributed by atoms with Gasteiger partial charge in [-0.1, -0.05) is 0 Å². The first-order valence-corrected chi connectivity index (χ1v) is 10.5. The molecule has 1 aliphatic heterocycles. The molecule has 1 aliphatic rings. The van der Waals surface area contributed by atoms with Gasteiger partial charge in [0.1, 0.15) is 6.33 Å². The van der Waals surface area contributed by atoms with Crippen LogP contribution in [0.4, 0.5) is 10.1 Å². The van der Waals surface area contributed by atoms with E-state index in [1.54, 1.807) is 30.7 Å². The normalized spacial score (nSPS) is 15.9. The largest absolute Gasteiger partial charge is 0.378 e. The van der Waals surface area contributed by atoms with Crippen LogP contribution >= 0.6 is 11.3 Å². The van der Waals surface area contributed by atoms with E-state index in [4.69, 9.17) is 4.74 Å². The van der Waals surface area contributed by atoms with Gasteiger partial charge in [-0.25, -0.2) is 19.9 Å². The highest BCUT2D eigenvalue weighted by molar-refractivity contribution is 7.09. The first kappa shape index (κ1) is 19.6. The Morgan fingerprint density at radius 1 is 1.28 bits per heavy atom. The Kier molecular flexibility index (Phi) is 6.21. The van der Waals surface area contributed by atoms with Crippen LogP contribution in [0.1, 0.15) is 24.0 Å². The zero-order valence-electron chi connectivity index (χ0n) is 16.2. The lowest BCUT2D eigenvalue weighted by Gasteiger charge is -2.29. The van der Waals surface area contributed by atoms with Gasteiger partial charge in [-0.2, -0.15) is 4.39 Å². The highest BCUT2D eigenvalue weighted by atomic mass is 32.1. The van der Waals surface area contributed by atoms with Crippen LogP contribution in [0.5, 0.6) is 0 Å². The number of ether oxygens (including phenoxy) is 1. The minimum Gasteiger partial charge on any atom is -0.378 e. The second-order valence-corrected chi connectivity index (χ2v) is 7.69. The molecule has 0 atom stereocenters. The summed E-state index contributed by atoms with van der Waals surface area (Å²) < 4.78 is 20.0. The van der Waals surface area contributed by atoms with Crippen LogP contribution in [0.3, 0.4) is 0 Å². The molecule has 0 N–H and O–H groups in total. The highest BCUT2D eigenvalue weighted by Crippen LogP contribution is 2.28. The highest BCUT2D eigenvalue weighted by Gasteiger charge is 2.14. The van der Waals surface area contributed by atoms with E-state index in [9.17, 15) is 4.39 Å². The fourth-order valence-electron chi connectivity index (χ4n) is 3.27. The Morgan fingerprint density at radius 2 is 2.14 bits per heavy atom. The van der Waals surface area contributed by atoms with E-state index in [-0.39, 0.29) is 0 Å². The Labute approximate surface area is 172 Å². The van der Waals surface area contributed by atoms with Crippen molar-refractivity contribution in [2.24, 2.45) is 4.99 Å². The molecule has 29 heavy (non-hydrogen) atoms. The molecule has 1 saturated heterocycles. The number of halogens is 1. The van der Waals surface area contributed by atoms with Crippen molar-refractivity contribution in [1.29, 1.82) is 0 Å². The van der Waals surface area contributed by atoms with Crippen molar-refractivity contribution < 1.29 is 9.13 Å². The van der Waals surface area contributed by atoms with Gasteiger partial charge in [0, 0.05) is 53.9 Å². The maximum atomic E-state index is 14.6. The van der Waals surface area contributed by atoms with Crippen molar-refractivity contribution >= 4 is 39.7 Å². The summed E-state index contributed by atoms with van der Waals surface area (Å²) in [5.74, 6) is -0.526. The van der Waals surface area contributed by atoms with E-state index in [1.165, 1.54) is 6.33 Å². The summed E-state index contributed by atoms with van der Waals surface area (Å²) in [4.78, 5) is 19.2. The van der Waals surface area contributed by atoms with Gasteiger partial charge in [0.2, 0.25) is 5.95 Å². The van der Waals surface area contributed by atoms with Crippen molar-refractivity contribution in [3.05, 3.63) is 52.8 Å². The van der Waals surface area contributed by atoms with Crippen LogP contribution in [0, 0.1) is 0 Å². The topological polar surface area (TPSA) is 63.5 Å². The van der Waals surface area contributed by atoms with E-state index in [0.717, 1.165) is 54.3 Å². The molecule has 0 aliphatic carbocycles. The molecule has 2 aromatic heterocycles. The minimum atomic E-state index is -0.526. The first-order chi connectivity index (χ1) is 14.2. The lowest BCUT2D eigenvalue weighted by Crippen LogP contribution is -2.36. The quantitative estimate of drug-likeness (QED) is 0.447. The molecule has 8 heteroatoms. The molecule has 1 aromatic carbocycles. The Hall–Kier alpha value is -2.71. The van der Waals surface area contributed by atoms with Crippen LogP contribution in [-0.2, 0) is 11.2 Å². The molecule has 0 unspecified atom stereocenters. The summed E-state index contributed by atoms with van der Waals surface area (Å²) in [7, 11) is 0. The van der Waals surface area contributed by atoms with Crippen LogP contribution in [-0.4, -0.2) is 47.5 Å². The van der Waals surface area contributed by atoms with E-state index in [0.29, 0.717) is 17.7 Å². The number of rotatable bonds is 6. The number of hydrogen-bond acceptors (Lipinski definition) is 7. The van der Waals surface area contributed by atoms with Gasteiger partial charge >= 0.3 is 0 Å². The molecule has 1 fully saturated rings. The zero-order valence-corrected chi connectivity index (χ0v) is 17.0. The van der Waals surface area contributed by atoms with Crippen molar-refractivity contribution in [1.82, 2.24) is 15.0 Å². The predicted octanol–water partition coefficient (Wildman–Crippen LogP) is 4.28. The Morgan fingerprint density at radius 3 is 2.93 bits per heavy atom. The third kappa shape index (κ3) is 4.65. The smallest absolute Gasteiger partial charge is 0.217 e. The lowest BCUT2D eigenvalue weighted by atomic mass is 10.1. The van der Waals surface area contributed by atoms with Gasteiger partial charge in [0.25, 0.3) is 0 Å². The standard InChI is InChI=1S/C21H22FN5OS/c1-15(21(22)24-6-2-3-19-23-7-12-29-19)20-17-5-4-16(13-18(17)25-14-26-20)27-8-10-28-11-9-27/h4-7,12-14H,2-3,8-11H2,1H3/b21-15+,24-6-. The fourth-order valence-corrected chi connectivity index (χ4v) is 3.90. The number of thiazole rings is 1. The van der Waals surface area contributed by atoms with Crippen LogP contribution in [0.15, 0.2) is 47.0 Å². The van der Waals surface area contributed by atoms with Gasteiger partial charge in [-0.3, -0.25) is 0 Å². The summed E-state index contributed by atoms with van der Waals surface area (Å²) in [6, 6.07) is 6.01. The summed E-state index contributed by atoms with van der Waals surface area (Å²) in [6.45, 7) is 4.85. The maximum Gasteiger partial charge on any atom is 0.217 e. The molecule has 0 saturated carbocycles. The van der Waals surface area contributed by atoms with E-state index in [2.05, 4.69) is 24.8 Å². The van der Waals surface area contributed by atoms with Gasteiger partial charge < -0.3 is 9.64 Å². The molecule has 0 amide bonds. The molecule has 6 nitrogen and oxygen atoms in total. The molecule has 4 rings (SSSR count). The second-order valence-electron chi connectivity index (χ2n) is 6.72. The number of benzene rings is 1. The molecule has 0 radical (unpaired) electrons. The lowest BCUT2D eigenvalue weighted by molar-refractivity contribution is 0.122. The number of allylic oxidation sites excluding steroid dienone is 1. The zero-order chi connectivity index (χ0) is 20.1. The molecule has 0 bridgehead atoms. The van der Waals surface area contributed by atoms with Gasteiger partial charge in [-0.15, -0.1) is 11.3 Å². The number of aryl methyl sites for hydroxylation is 1. The van der Waals surface area contributed by atoms with Crippen LogP contribution in [0.25, 0.3) is 16.5 Å². The maximum absolute atomic E-state index is 14.6. The van der Waals surface area contributed by atoms with Gasteiger partial charge in [-0.05, 0) is 31.5 Å². The number of fused-ring (bicyclic) bond motifs is 1. The van der Waals surface area contributed by atoms with Crippen molar-refractivity contribution in [2.75, 3.05) is 31.2 Å². The van der Waals surface area contributed by atoms with Crippen LogP contribution in [0.2, 0.25) is 0 Å². The molecule has 3 heterocycles. The van der Waals surface area contributed by atoms with E-state index < -0.39 is 5.95 Å². The summed E-state index contributed by atoms with van der Waals surface area (Å²) in [6.07, 6.45) is 6.24. The molecule has 0 spiro atoms. The Bertz CT molecular complexity index is 1030. The number of aliphatic imine (C=N–C) groups is 1. The first-order valence-electron chi connectivity index (χ1n) is 9.57. The summed E-state index contributed by atoms with van der Waals surface area (Å²) >= 11 is 1.59. The van der Waals surface area contributed by atoms with Gasteiger partial charge in [0.05, 0.1) is 29.4 Å². The molecular weight excluding hydrogens is 389 g/mol. The van der Waals surface area contributed by atoms with Crippen LogP contribution < -0.4 is 4.90 Å². The number of aromatic nitrogens is 3. The third-order valence-electron chi connectivity index (χ3n) is 4.84. The monoisotopic (exact) mass is 411 g/mol.